The Bertz CT molecular complexity index is 399. The molecule has 2 atom stereocenters. The zero-order valence-corrected chi connectivity index (χ0v) is 13.6. The Balaban J connectivity index is 2.99. The Morgan fingerprint density at radius 2 is 1.79 bits per heavy atom. The van der Waals surface area contributed by atoms with Crippen LogP contribution in [0.1, 0.15) is 76.5 Å². The van der Waals surface area contributed by atoms with Crippen LogP contribution in [-0.4, -0.2) is 6.04 Å². The van der Waals surface area contributed by atoms with Crippen LogP contribution < -0.4 is 5.73 Å². The van der Waals surface area contributed by atoms with Crippen molar-refractivity contribution in [1.29, 1.82) is 0 Å². The Hall–Kier alpha value is -0.820. The number of hydrogen-bond acceptors (Lipinski definition) is 1. The van der Waals surface area contributed by atoms with Crippen molar-refractivity contribution in [2.75, 3.05) is 0 Å². The fourth-order valence-corrected chi connectivity index (χ4v) is 2.77. The Morgan fingerprint density at radius 1 is 1.16 bits per heavy atom. The topological polar surface area (TPSA) is 26.0 Å². The van der Waals surface area contributed by atoms with E-state index >= 15 is 0 Å². The quantitative estimate of drug-likeness (QED) is 0.800. The first-order valence-corrected chi connectivity index (χ1v) is 7.62. The molecule has 0 saturated carbocycles. The second kappa shape index (κ2) is 6.56. The van der Waals surface area contributed by atoms with Gasteiger partial charge in [0, 0.05) is 6.04 Å². The highest BCUT2D eigenvalue weighted by Crippen LogP contribution is 2.31. The Labute approximate surface area is 119 Å². The second-order valence-electron chi connectivity index (χ2n) is 6.98. The monoisotopic (exact) mass is 261 g/mol. The van der Waals surface area contributed by atoms with Gasteiger partial charge in [-0.2, -0.15) is 0 Å². The van der Waals surface area contributed by atoms with E-state index in [1.54, 1.807) is 0 Å². The highest BCUT2D eigenvalue weighted by molar-refractivity contribution is 5.37. The molecule has 19 heavy (non-hydrogen) atoms. The zero-order chi connectivity index (χ0) is 14.6. The van der Waals surface area contributed by atoms with Crippen LogP contribution in [0, 0.1) is 6.92 Å². The highest BCUT2D eigenvalue weighted by atomic mass is 14.6. The molecular formula is C18H31N. The van der Waals surface area contributed by atoms with Gasteiger partial charge in [-0.15, -0.1) is 0 Å². The number of aryl methyl sites for hydroxylation is 1. The lowest BCUT2D eigenvalue weighted by Gasteiger charge is -2.25. The second-order valence-corrected chi connectivity index (χ2v) is 6.98. The summed E-state index contributed by atoms with van der Waals surface area (Å²) in [6.45, 7) is 13.5. The van der Waals surface area contributed by atoms with Gasteiger partial charge in [0.2, 0.25) is 0 Å². The molecule has 108 valence electrons. The molecule has 0 radical (unpaired) electrons. The van der Waals surface area contributed by atoms with E-state index < -0.39 is 0 Å². The molecule has 1 aromatic carbocycles. The van der Waals surface area contributed by atoms with Gasteiger partial charge in [-0.05, 0) is 61.1 Å². The third-order valence-electron chi connectivity index (χ3n) is 4.00. The molecule has 0 aliphatic heterocycles. The van der Waals surface area contributed by atoms with Crippen molar-refractivity contribution >= 4 is 0 Å². The molecule has 0 saturated heterocycles. The summed E-state index contributed by atoms with van der Waals surface area (Å²) >= 11 is 0. The SMILES string of the molecule is CCC(CCC(C)N)c1ccc(C)c(C(C)(C)C)c1. The van der Waals surface area contributed by atoms with E-state index in [1.165, 1.54) is 29.5 Å². The minimum absolute atomic E-state index is 0.222. The van der Waals surface area contributed by atoms with E-state index in [-0.39, 0.29) is 5.41 Å². The maximum absolute atomic E-state index is 5.90. The molecule has 0 heterocycles. The first-order valence-electron chi connectivity index (χ1n) is 7.62. The fourth-order valence-electron chi connectivity index (χ4n) is 2.77. The summed E-state index contributed by atoms with van der Waals surface area (Å²) in [5, 5.41) is 0. The molecule has 1 heteroatoms. The lowest BCUT2D eigenvalue weighted by atomic mass is 9.80. The summed E-state index contributed by atoms with van der Waals surface area (Å²) < 4.78 is 0. The van der Waals surface area contributed by atoms with Crippen molar-refractivity contribution < 1.29 is 0 Å². The van der Waals surface area contributed by atoms with Crippen LogP contribution >= 0.6 is 0 Å². The predicted molar refractivity (Wildman–Crippen MR) is 85.8 cm³/mol. The molecule has 0 aliphatic carbocycles. The molecule has 2 unspecified atom stereocenters. The number of hydrogen-bond donors (Lipinski definition) is 1. The van der Waals surface area contributed by atoms with Crippen molar-refractivity contribution in [1.82, 2.24) is 0 Å². The zero-order valence-electron chi connectivity index (χ0n) is 13.6. The molecule has 0 aromatic heterocycles. The summed E-state index contributed by atoms with van der Waals surface area (Å²) in [6, 6.07) is 7.32. The molecule has 0 fully saturated rings. The van der Waals surface area contributed by atoms with Gasteiger partial charge in [-0.3, -0.25) is 0 Å². The first kappa shape index (κ1) is 16.2. The van der Waals surface area contributed by atoms with Gasteiger partial charge in [-0.1, -0.05) is 45.9 Å². The van der Waals surface area contributed by atoms with Gasteiger partial charge < -0.3 is 5.73 Å². The third kappa shape index (κ3) is 4.65. The smallest absolute Gasteiger partial charge is 0.00106 e. The third-order valence-corrected chi connectivity index (χ3v) is 4.00. The minimum Gasteiger partial charge on any atom is -0.328 e. The lowest BCUT2D eigenvalue weighted by Crippen LogP contribution is -2.17. The molecule has 0 bridgehead atoms. The fraction of sp³-hybridized carbons (Fsp3) is 0.667. The maximum atomic E-state index is 5.90. The minimum atomic E-state index is 0.222. The molecule has 0 aliphatic rings. The van der Waals surface area contributed by atoms with Crippen molar-refractivity contribution in [3.8, 4) is 0 Å². The van der Waals surface area contributed by atoms with E-state index in [4.69, 9.17) is 5.73 Å². The molecule has 1 nitrogen and oxygen atoms in total. The molecular weight excluding hydrogens is 230 g/mol. The van der Waals surface area contributed by atoms with Crippen molar-refractivity contribution in [2.45, 2.75) is 78.2 Å². The summed E-state index contributed by atoms with van der Waals surface area (Å²) in [7, 11) is 0. The maximum Gasteiger partial charge on any atom is 0.00106 e. The average molecular weight is 261 g/mol. The van der Waals surface area contributed by atoms with Gasteiger partial charge in [-0.25, -0.2) is 0 Å². The van der Waals surface area contributed by atoms with E-state index in [1.807, 2.05) is 0 Å². The van der Waals surface area contributed by atoms with Crippen LogP contribution in [0.25, 0.3) is 0 Å². The predicted octanol–water partition coefficient (Wildman–Crippen LogP) is 4.91. The van der Waals surface area contributed by atoms with Gasteiger partial charge in [0.15, 0.2) is 0 Å². The molecule has 1 rings (SSSR count). The number of rotatable bonds is 5. The largest absolute Gasteiger partial charge is 0.328 e. The van der Waals surface area contributed by atoms with Gasteiger partial charge in [0.25, 0.3) is 0 Å². The van der Waals surface area contributed by atoms with Crippen LogP contribution in [0.5, 0.6) is 0 Å². The van der Waals surface area contributed by atoms with E-state index in [0.717, 1.165) is 6.42 Å². The molecule has 0 amide bonds. The normalized spacial score (nSPS) is 15.3. The van der Waals surface area contributed by atoms with E-state index in [9.17, 15) is 0 Å². The summed E-state index contributed by atoms with van der Waals surface area (Å²) in [4.78, 5) is 0. The summed E-state index contributed by atoms with van der Waals surface area (Å²) in [6.07, 6.45) is 3.50. The van der Waals surface area contributed by atoms with E-state index in [0.29, 0.717) is 12.0 Å². The Morgan fingerprint density at radius 3 is 2.26 bits per heavy atom. The van der Waals surface area contributed by atoms with E-state index in [2.05, 4.69) is 59.7 Å². The summed E-state index contributed by atoms with van der Waals surface area (Å²) in [5.74, 6) is 0.646. The number of nitrogens with two attached hydrogens (primary N) is 1. The summed E-state index contributed by atoms with van der Waals surface area (Å²) in [5.41, 5.74) is 10.5. The van der Waals surface area contributed by atoms with Crippen LogP contribution in [0.2, 0.25) is 0 Å². The number of benzene rings is 1. The van der Waals surface area contributed by atoms with Crippen molar-refractivity contribution in [3.05, 3.63) is 34.9 Å². The van der Waals surface area contributed by atoms with Crippen molar-refractivity contribution in [2.24, 2.45) is 5.73 Å². The molecule has 0 spiro atoms. The van der Waals surface area contributed by atoms with Crippen LogP contribution in [-0.2, 0) is 5.41 Å². The average Bonchev–Trinajstić information content (AvgIpc) is 2.29. The van der Waals surface area contributed by atoms with Gasteiger partial charge in [0.1, 0.15) is 0 Å². The van der Waals surface area contributed by atoms with Crippen LogP contribution in [0.15, 0.2) is 18.2 Å². The van der Waals surface area contributed by atoms with Crippen molar-refractivity contribution in [3.63, 3.8) is 0 Å². The van der Waals surface area contributed by atoms with Crippen LogP contribution in [0.3, 0.4) is 0 Å². The van der Waals surface area contributed by atoms with Gasteiger partial charge in [0.05, 0.1) is 0 Å². The van der Waals surface area contributed by atoms with Crippen LogP contribution in [0.4, 0.5) is 0 Å². The molecule has 1 aromatic rings. The molecule has 2 N–H and O–H groups in total. The lowest BCUT2D eigenvalue weighted by molar-refractivity contribution is 0.529. The first-order chi connectivity index (χ1) is 8.75. The standard InChI is InChI=1S/C18H31N/c1-7-15(11-9-14(3)19)16-10-8-13(2)17(12-16)18(4,5)6/h8,10,12,14-15H,7,9,11,19H2,1-6H3. The highest BCUT2D eigenvalue weighted by Gasteiger charge is 2.18. The van der Waals surface area contributed by atoms with Gasteiger partial charge >= 0.3 is 0 Å². The Kier molecular flexibility index (Phi) is 5.61.